The van der Waals surface area contributed by atoms with Crippen LogP contribution in [0.25, 0.3) is 22.2 Å². The van der Waals surface area contributed by atoms with Gasteiger partial charge in [-0.3, -0.25) is 0 Å². The summed E-state index contributed by atoms with van der Waals surface area (Å²) in [6.07, 6.45) is 3.15. The summed E-state index contributed by atoms with van der Waals surface area (Å²) in [7, 11) is 0. The van der Waals surface area contributed by atoms with Gasteiger partial charge >= 0.3 is 0 Å². The minimum atomic E-state index is -0.281. The van der Waals surface area contributed by atoms with Gasteiger partial charge in [-0.2, -0.15) is 0 Å². The van der Waals surface area contributed by atoms with Crippen LogP contribution in [0.15, 0.2) is 47.3 Å². The number of nitrogens with zero attached hydrogens (tertiary/aromatic N) is 5. The normalized spacial score (nSPS) is 12.3. The number of rotatable bonds is 4. The minimum Gasteiger partial charge on any atom is -0.423 e. The number of aromatic nitrogens is 5. The number of hydrogen-bond acceptors (Lipinski definition) is 7. The SMILES string of the molecule is Cc1nnc(C(C)Nc2ncnc3ncc(-c4ccc(F)cc4)cc23)o1. The molecular weight excluding hydrogens is 335 g/mol. The maximum absolute atomic E-state index is 13.2. The van der Waals surface area contributed by atoms with Crippen molar-refractivity contribution in [2.24, 2.45) is 0 Å². The Morgan fingerprint density at radius 2 is 1.85 bits per heavy atom. The second-order valence-electron chi connectivity index (χ2n) is 5.85. The summed E-state index contributed by atoms with van der Waals surface area (Å²) in [5, 5.41) is 11.9. The predicted octanol–water partition coefficient (Wildman–Crippen LogP) is 3.70. The van der Waals surface area contributed by atoms with Crippen molar-refractivity contribution >= 4 is 16.9 Å². The third-order valence-electron chi connectivity index (χ3n) is 3.93. The molecule has 0 saturated heterocycles. The van der Waals surface area contributed by atoms with Gasteiger partial charge in [-0.25, -0.2) is 19.3 Å². The van der Waals surface area contributed by atoms with Gasteiger partial charge < -0.3 is 9.73 Å². The highest BCUT2D eigenvalue weighted by Gasteiger charge is 2.15. The maximum atomic E-state index is 13.2. The fourth-order valence-corrected chi connectivity index (χ4v) is 2.61. The molecule has 4 aromatic rings. The molecule has 1 unspecified atom stereocenters. The fourth-order valence-electron chi connectivity index (χ4n) is 2.61. The molecule has 0 aliphatic rings. The molecular formula is C18H15FN6O. The monoisotopic (exact) mass is 350 g/mol. The Labute approximate surface area is 148 Å². The topological polar surface area (TPSA) is 89.6 Å². The van der Waals surface area contributed by atoms with Gasteiger partial charge in [0.25, 0.3) is 0 Å². The summed E-state index contributed by atoms with van der Waals surface area (Å²) in [6, 6.07) is 7.94. The van der Waals surface area contributed by atoms with E-state index in [2.05, 4.69) is 30.5 Å². The van der Waals surface area contributed by atoms with Crippen LogP contribution >= 0.6 is 0 Å². The Morgan fingerprint density at radius 3 is 2.58 bits per heavy atom. The van der Waals surface area contributed by atoms with E-state index in [1.165, 1.54) is 18.5 Å². The first kappa shape index (κ1) is 16.1. The molecule has 0 bridgehead atoms. The molecule has 0 amide bonds. The number of hydrogen-bond donors (Lipinski definition) is 1. The van der Waals surface area contributed by atoms with E-state index in [1.54, 1.807) is 25.3 Å². The molecule has 1 aromatic carbocycles. The van der Waals surface area contributed by atoms with E-state index in [1.807, 2.05) is 13.0 Å². The van der Waals surface area contributed by atoms with Crippen molar-refractivity contribution in [1.82, 2.24) is 25.1 Å². The van der Waals surface area contributed by atoms with Crippen molar-refractivity contribution in [3.8, 4) is 11.1 Å². The van der Waals surface area contributed by atoms with Crippen molar-refractivity contribution in [1.29, 1.82) is 0 Å². The van der Waals surface area contributed by atoms with Crippen LogP contribution in [0.1, 0.15) is 24.7 Å². The van der Waals surface area contributed by atoms with E-state index >= 15 is 0 Å². The smallest absolute Gasteiger partial charge is 0.238 e. The molecule has 0 radical (unpaired) electrons. The van der Waals surface area contributed by atoms with Gasteiger partial charge in [-0.15, -0.1) is 10.2 Å². The second kappa shape index (κ2) is 6.47. The Bertz CT molecular complexity index is 1060. The highest BCUT2D eigenvalue weighted by Crippen LogP contribution is 2.27. The first-order chi connectivity index (χ1) is 12.6. The van der Waals surface area contributed by atoms with E-state index in [9.17, 15) is 4.39 Å². The third-order valence-corrected chi connectivity index (χ3v) is 3.93. The van der Waals surface area contributed by atoms with Crippen LogP contribution < -0.4 is 5.32 Å². The van der Waals surface area contributed by atoms with Gasteiger partial charge in [0.2, 0.25) is 11.8 Å². The highest BCUT2D eigenvalue weighted by molar-refractivity contribution is 5.89. The van der Waals surface area contributed by atoms with Crippen molar-refractivity contribution in [2.45, 2.75) is 19.9 Å². The fraction of sp³-hybridized carbons (Fsp3) is 0.167. The lowest BCUT2D eigenvalue weighted by molar-refractivity contribution is 0.451. The van der Waals surface area contributed by atoms with Gasteiger partial charge in [0.1, 0.15) is 24.0 Å². The zero-order valence-electron chi connectivity index (χ0n) is 14.1. The summed E-state index contributed by atoms with van der Waals surface area (Å²) in [5.41, 5.74) is 2.26. The average molecular weight is 350 g/mol. The van der Waals surface area contributed by atoms with Crippen LogP contribution in [-0.4, -0.2) is 25.1 Å². The summed E-state index contributed by atoms with van der Waals surface area (Å²) < 4.78 is 18.6. The number of aryl methyl sites for hydroxylation is 1. The zero-order valence-corrected chi connectivity index (χ0v) is 14.1. The number of halogens is 1. The number of benzene rings is 1. The van der Waals surface area contributed by atoms with Crippen LogP contribution in [0, 0.1) is 12.7 Å². The van der Waals surface area contributed by atoms with Crippen LogP contribution in [-0.2, 0) is 0 Å². The molecule has 0 fully saturated rings. The van der Waals surface area contributed by atoms with E-state index in [0.29, 0.717) is 23.2 Å². The average Bonchev–Trinajstić information content (AvgIpc) is 3.09. The Kier molecular flexibility index (Phi) is 4.00. The van der Waals surface area contributed by atoms with Crippen LogP contribution in [0.3, 0.4) is 0 Å². The van der Waals surface area contributed by atoms with Gasteiger partial charge in [-0.1, -0.05) is 12.1 Å². The van der Waals surface area contributed by atoms with Crippen LogP contribution in [0.5, 0.6) is 0 Å². The molecule has 7 nitrogen and oxygen atoms in total. The molecule has 0 saturated carbocycles. The van der Waals surface area contributed by atoms with Crippen molar-refractivity contribution < 1.29 is 8.81 Å². The first-order valence-electron chi connectivity index (χ1n) is 8.03. The number of anilines is 1. The summed E-state index contributed by atoms with van der Waals surface area (Å²) in [6.45, 7) is 3.64. The highest BCUT2D eigenvalue weighted by atomic mass is 19.1. The Balaban J connectivity index is 1.72. The first-order valence-corrected chi connectivity index (χ1v) is 8.03. The number of nitrogens with one attached hydrogen (secondary N) is 1. The largest absolute Gasteiger partial charge is 0.423 e. The predicted molar refractivity (Wildman–Crippen MR) is 93.8 cm³/mol. The van der Waals surface area contributed by atoms with Gasteiger partial charge in [0.05, 0.1) is 5.39 Å². The third kappa shape index (κ3) is 3.08. The summed E-state index contributed by atoms with van der Waals surface area (Å²) in [5.74, 6) is 1.30. The van der Waals surface area contributed by atoms with Gasteiger partial charge in [0, 0.05) is 18.7 Å². The molecule has 1 atom stereocenters. The molecule has 3 heterocycles. The maximum Gasteiger partial charge on any atom is 0.238 e. The summed E-state index contributed by atoms with van der Waals surface area (Å²) in [4.78, 5) is 12.9. The molecule has 3 aromatic heterocycles. The van der Waals surface area contributed by atoms with Crippen molar-refractivity contribution in [3.05, 3.63) is 60.5 Å². The van der Waals surface area contributed by atoms with Crippen molar-refractivity contribution in [2.75, 3.05) is 5.32 Å². The van der Waals surface area contributed by atoms with E-state index in [4.69, 9.17) is 4.42 Å². The Hall–Kier alpha value is -3.42. The Morgan fingerprint density at radius 1 is 1.04 bits per heavy atom. The molecule has 0 spiro atoms. The quantitative estimate of drug-likeness (QED) is 0.600. The molecule has 4 rings (SSSR count). The van der Waals surface area contributed by atoms with Crippen LogP contribution in [0.4, 0.5) is 10.2 Å². The van der Waals surface area contributed by atoms with Gasteiger partial charge in [0.15, 0.2) is 5.65 Å². The minimum absolute atomic E-state index is 0.233. The van der Waals surface area contributed by atoms with E-state index in [0.717, 1.165) is 16.5 Å². The second-order valence-corrected chi connectivity index (χ2v) is 5.85. The standard InChI is InChI=1S/C18H15FN6O/c1-10(18-25-24-11(2)26-18)23-17-15-7-13(8-20-16(15)21-9-22-17)12-3-5-14(19)6-4-12/h3-10H,1-2H3,(H,20,21,22,23). The van der Waals surface area contributed by atoms with Crippen molar-refractivity contribution in [3.63, 3.8) is 0 Å². The molecule has 0 aliphatic heterocycles. The molecule has 26 heavy (non-hydrogen) atoms. The molecule has 130 valence electrons. The molecule has 1 N–H and O–H groups in total. The van der Waals surface area contributed by atoms with Gasteiger partial charge in [-0.05, 0) is 30.7 Å². The van der Waals surface area contributed by atoms with Crippen LogP contribution in [0.2, 0.25) is 0 Å². The lowest BCUT2D eigenvalue weighted by atomic mass is 10.1. The lowest BCUT2D eigenvalue weighted by Crippen LogP contribution is -2.09. The lowest BCUT2D eigenvalue weighted by Gasteiger charge is -2.12. The zero-order chi connectivity index (χ0) is 18.1. The van der Waals surface area contributed by atoms with E-state index in [-0.39, 0.29) is 11.9 Å². The molecule has 0 aliphatic carbocycles. The number of pyridine rings is 1. The molecule has 8 heteroatoms. The number of fused-ring (bicyclic) bond motifs is 1. The van der Waals surface area contributed by atoms with E-state index < -0.39 is 0 Å². The summed E-state index contributed by atoms with van der Waals surface area (Å²) >= 11 is 0.